The lowest BCUT2D eigenvalue weighted by Gasteiger charge is -2.30. The van der Waals surface area contributed by atoms with Crippen molar-refractivity contribution in [3.63, 3.8) is 0 Å². The third-order valence-corrected chi connectivity index (χ3v) is 4.88. The molecule has 1 amide bonds. The van der Waals surface area contributed by atoms with Gasteiger partial charge in [-0.05, 0) is 25.3 Å². The highest BCUT2D eigenvalue weighted by atomic mass is 16.2. The summed E-state index contributed by atoms with van der Waals surface area (Å²) in [5.74, 6) is 0.977. The smallest absolute Gasteiger partial charge is 0.228 e. The fourth-order valence-electron chi connectivity index (χ4n) is 3.51. The fraction of sp³-hybridized carbons (Fsp3) is 0.500. The van der Waals surface area contributed by atoms with E-state index in [0.29, 0.717) is 6.42 Å². The van der Waals surface area contributed by atoms with Crippen molar-refractivity contribution < 1.29 is 4.79 Å². The number of hydrogen-bond donors (Lipinski definition) is 1. The molecule has 0 radical (unpaired) electrons. The Kier molecular flexibility index (Phi) is 5.34. The summed E-state index contributed by atoms with van der Waals surface area (Å²) in [4.78, 5) is 19.3. The van der Waals surface area contributed by atoms with Gasteiger partial charge in [0.05, 0.1) is 5.52 Å². The van der Waals surface area contributed by atoms with Crippen molar-refractivity contribution in [2.75, 3.05) is 17.2 Å². The summed E-state index contributed by atoms with van der Waals surface area (Å²) in [6, 6.07) is 7.92. The van der Waals surface area contributed by atoms with Crippen molar-refractivity contribution in [2.24, 2.45) is 0 Å². The molecule has 0 atom stereocenters. The van der Waals surface area contributed by atoms with Gasteiger partial charge in [0.2, 0.25) is 5.91 Å². The second-order valence-corrected chi connectivity index (χ2v) is 6.66. The number of pyridine rings is 1. The van der Waals surface area contributed by atoms with E-state index < -0.39 is 0 Å². The normalized spacial score (nSPS) is 14.0. The van der Waals surface area contributed by atoms with E-state index in [9.17, 15) is 4.79 Å². The number of fused-ring (bicyclic) bond motifs is 2. The van der Waals surface area contributed by atoms with Crippen LogP contribution in [0.4, 0.5) is 11.5 Å². The van der Waals surface area contributed by atoms with Gasteiger partial charge in [0, 0.05) is 29.6 Å². The van der Waals surface area contributed by atoms with Crippen molar-refractivity contribution in [2.45, 2.75) is 58.3 Å². The molecule has 2 N–H and O–H groups in total. The molecule has 3 rings (SSSR count). The molecule has 0 saturated heterocycles. The fourth-order valence-corrected chi connectivity index (χ4v) is 3.51. The number of carbonyl (C=O) groups excluding carboxylic acids is 1. The third kappa shape index (κ3) is 3.37. The van der Waals surface area contributed by atoms with Crippen LogP contribution < -0.4 is 10.6 Å². The molecule has 2 heterocycles. The number of nitrogens with two attached hydrogens (primary N) is 1. The van der Waals surface area contributed by atoms with Gasteiger partial charge >= 0.3 is 0 Å². The average molecular weight is 325 g/mol. The van der Waals surface area contributed by atoms with Crippen molar-refractivity contribution in [3.05, 3.63) is 29.8 Å². The Bertz CT molecular complexity index is 726. The Hall–Kier alpha value is -2.10. The third-order valence-electron chi connectivity index (χ3n) is 4.88. The van der Waals surface area contributed by atoms with Crippen LogP contribution in [0.5, 0.6) is 0 Å². The van der Waals surface area contributed by atoms with Crippen LogP contribution >= 0.6 is 0 Å². The minimum Gasteiger partial charge on any atom is -0.398 e. The van der Waals surface area contributed by atoms with Crippen LogP contribution in [-0.4, -0.2) is 17.4 Å². The number of benzene rings is 1. The number of nitrogen functional groups attached to an aromatic ring is 1. The average Bonchev–Trinajstić information content (AvgIpc) is 2.61. The summed E-state index contributed by atoms with van der Waals surface area (Å²) in [6.07, 6.45) is 8.27. The number of hydrogen-bond acceptors (Lipinski definition) is 3. The zero-order valence-electron chi connectivity index (χ0n) is 14.6. The van der Waals surface area contributed by atoms with E-state index in [-0.39, 0.29) is 5.91 Å². The molecule has 0 bridgehead atoms. The minimum absolute atomic E-state index is 0.189. The summed E-state index contributed by atoms with van der Waals surface area (Å²) in [5, 5.41) is 0.991. The number of para-hydroxylation sites is 1. The molecule has 4 nitrogen and oxygen atoms in total. The molecule has 1 aliphatic heterocycles. The van der Waals surface area contributed by atoms with E-state index in [0.717, 1.165) is 60.2 Å². The first-order chi connectivity index (χ1) is 11.7. The minimum atomic E-state index is 0.189. The van der Waals surface area contributed by atoms with Crippen LogP contribution in [0.25, 0.3) is 10.9 Å². The monoisotopic (exact) mass is 325 g/mol. The molecule has 0 saturated carbocycles. The summed E-state index contributed by atoms with van der Waals surface area (Å²) >= 11 is 0. The van der Waals surface area contributed by atoms with Gasteiger partial charge in [0.25, 0.3) is 0 Å². The first kappa shape index (κ1) is 16.7. The van der Waals surface area contributed by atoms with E-state index >= 15 is 0 Å². The molecule has 0 spiro atoms. The number of unbranched alkanes of at least 4 members (excludes halogenated alkanes) is 4. The predicted molar refractivity (Wildman–Crippen MR) is 100 cm³/mol. The number of rotatable bonds is 6. The summed E-state index contributed by atoms with van der Waals surface area (Å²) in [5.41, 5.74) is 9.08. The topological polar surface area (TPSA) is 59.2 Å². The van der Waals surface area contributed by atoms with Crippen LogP contribution in [0.3, 0.4) is 0 Å². The van der Waals surface area contributed by atoms with Crippen LogP contribution in [0.15, 0.2) is 24.3 Å². The Balaban J connectivity index is 1.79. The molecule has 2 aromatic rings. The quantitative estimate of drug-likeness (QED) is 0.798. The molecule has 1 aromatic heterocycles. The van der Waals surface area contributed by atoms with E-state index in [2.05, 4.69) is 6.92 Å². The Morgan fingerprint density at radius 2 is 2.00 bits per heavy atom. The van der Waals surface area contributed by atoms with Gasteiger partial charge in [-0.15, -0.1) is 0 Å². The maximum Gasteiger partial charge on any atom is 0.228 e. The van der Waals surface area contributed by atoms with Gasteiger partial charge in [0.15, 0.2) is 0 Å². The predicted octanol–water partition coefficient (Wildman–Crippen LogP) is 4.46. The molecule has 1 aromatic carbocycles. The zero-order valence-corrected chi connectivity index (χ0v) is 14.6. The van der Waals surface area contributed by atoms with Gasteiger partial charge in [-0.1, -0.05) is 50.8 Å². The zero-order chi connectivity index (χ0) is 16.9. The Labute approximate surface area is 144 Å². The number of carbonyl (C=O) groups is 1. The molecule has 4 heteroatoms. The van der Waals surface area contributed by atoms with E-state index in [4.69, 9.17) is 10.7 Å². The standard InChI is InChI=1S/C20H27N3O/c1-2-3-4-5-6-13-18(24)23-14-9-11-16-19(21)15-10-7-8-12-17(15)22-20(16)23/h7-8,10,12H,2-6,9,11,13-14H2,1H3,(H2,21,22). The van der Waals surface area contributed by atoms with Crippen LogP contribution in [0.2, 0.25) is 0 Å². The summed E-state index contributed by atoms with van der Waals surface area (Å²) < 4.78 is 0. The molecule has 0 fully saturated rings. The van der Waals surface area contributed by atoms with Crippen molar-refractivity contribution >= 4 is 28.3 Å². The summed E-state index contributed by atoms with van der Waals surface area (Å²) in [7, 11) is 0. The molecule has 0 aliphatic carbocycles. The van der Waals surface area contributed by atoms with Gasteiger partial charge in [-0.2, -0.15) is 0 Å². The lowest BCUT2D eigenvalue weighted by Crippen LogP contribution is -2.36. The number of amides is 1. The van der Waals surface area contributed by atoms with Crippen LogP contribution in [0, 0.1) is 0 Å². The second-order valence-electron chi connectivity index (χ2n) is 6.66. The highest BCUT2D eigenvalue weighted by molar-refractivity contribution is 6.00. The lowest BCUT2D eigenvalue weighted by atomic mass is 10.00. The van der Waals surface area contributed by atoms with Gasteiger partial charge < -0.3 is 5.73 Å². The first-order valence-electron chi connectivity index (χ1n) is 9.20. The van der Waals surface area contributed by atoms with E-state index in [1.165, 1.54) is 19.3 Å². The molecule has 128 valence electrons. The first-order valence-corrected chi connectivity index (χ1v) is 9.20. The second kappa shape index (κ2) is 7.65. The largest absolute Gasteiger partial charge is 0.398 e. The van der Waals surface area contributed by atoms with E-state index in [1.54, 1.807) is 0 Å². The van der Waals surface area contributed by atoms with Gasteiger partial charge in [-0.25, -0.2) is 4.98 Å². The van der Waals surface area contributed by atoms with Crippen molar-refractivity contribution in [1.82, 2.24) is 4.98 Å². The lowest BCUT2D eigenvalue weighted by molar-refractivity contribution is -0.118. The maximum absolute atomic E-state index is 12.7. The molecular weight excluding hydrogens is 298 g/mol. The highest BCUT2D eigenvalue weighted by Gasteiger charge is 2.26. The Morgan fingerprint density at radius 3 is 2.83 bits per heavy atom. The summed E-state index contributed by atoms with van der Waals surface area (Å²) in [6.45, 7) is 2.96. The number of nitrogens with zero attached hydrogens (tertiary/aromatic N) is 2. The van der Waals surface area contributed by atoms with Crippen molar-refractivity contribution in [3.8, 4) is 0 Å². The Morgan fingerprint density at radius 1 is 1.21 bits per heavy atom. The molecule has 1 aliphatic rings. The maximum atomic E-state index is 12.7. The van der Waals surface area contributed by atoms with Crippen LogP contribution in [-0.2, 0) is 11.2 Å². The molecule has 24 heavy (non-hydrogen) atoms. The van der Waals surface area contributed by atoms with E-state index in [1.807, 2.05) is 29.2 Å². The molecule has 0 unspecified atom stereocenters. The number of anilines is 2. The van der Waals surface area contributed by atoms with Crippen molar-refractivity contribution in [1.29, 1.82) is 0 Å². The SMILES string of the molecule is CCCCCCCC(=O)N1CCCc2c1nc1ccccc1c2N. The highest BCUT2D eigenvalue weighted by Crippen LogP contribution is 2.35. The van der Waals surface area contributed by atoms with Gasteiger partial charge in [-0.3, -0.25) is 9.69 Å². The van der Waals surface area contributed by atoms with Gasteiger partial charge in [0.1, 0.15) is 5.82 Å². The molecular formula is C20H27N3O. The number of aromatic nitrogens is 1. The van der Waals surface area contributed by atoms with Crippen LogP contribution in [0.1, 0.15) is 57.4 Å².